The molecule has 0 unspecified atom stereocenters. The van der Waals surface area contributed by atoms with Crippen molar-refractivity contribution in [1.82, 2.24) is 9.62 Å². The summed E-state index contributed by atoms with van der Waals surface area (Å²) < 4.78 is 27.1. The first-order valence-corrected chi connectivity index (χ1v) is 11.4. The Kier molecular flexibility index (Phi) is 5.06. The predicted octanol–water partition coefficient (Wildman–Crippen LogP) is 2.53. The Morgan fingerprint density at radius 3 is 2.62 bits per heavy atom. The maximum absolute atomic E-state index is 12.8. The summed E-state index contributed by atoms with van der Waals surface area (Å²) in [5, 5.41) is 3.24. The molecule has 2 bridgehead atoms. The summed E-state index contributed by atoms with van der Waals surface area (Å²) in [7, 11) is -3.39. The Bertz CT molecular complexity index is 750. The summed E-state index contributed by atoms with van der Waals surface area (Å²) in [4.78, 5) is 12.7. The van der Waals surface area contributed by atoms with Gasteiger partial charge in [0.15, 0.2) is 0 Å². The number of hydrogen-bond acceptors (Lipinski definition) is 3. The van der Waals surface area contributed by atoms with Gasteiger partial charge in [-0.2, -0.15) is 0 Å². The van der Waals surface area contributed by atoms with Crippen LogP contribution in [0, 0.1) is 17.8 Å². The Hall–Kier alpha value is -1.40. The zero-order chi connectivity index (χ0) is 18.1. The van der Waals surface area contributed by atoms with E-state index in [1.54, 1.807) is 0 Å². The summed E-state index contributed by atoms with van der Waals surface area (Å²) in [6, 6.07) is 9.58. The van der Waals surface area contributed by atoms with Crippen molar-refractivity contribution in [3.05, 3.63) is 35.9 Å². The number of fused-ring (bicyclic) bond motifs is 2. The number of amides is 1. The minimum atomic E-state index is -3.39. The number of piperidine rings is 1. The number of carbonyl (C=O) groups is 1. The van der Waals surface area contributed by atoms with Crippen LogP contribution in [-0.2, 0) is 20.6 Å². The fraction of sp³-hybridized carbons (Fsp3) is 0.650. The number of carbonyl (C=O) groups excluding carboxylic acids is 1. The summed E-state index contributed by atoms with van der Waals surface area (Å²) in [6.45, 7) is 0.842. The van der Waals surface area contributed by atoms with Crippen LogP contribution in [0.15, 0.2) is 30.3 Å². The number of nitrogens with one attached hydrogen (secondary N) is 1. The maximum Gasteiger partial charge on any atom is 0.224 e. The van der Waals surface area contributed by atoms with Gasteiger partial charge in [0.25, 0.3) is 0 Å². The molecule has 0 spiro atoms. The van der Waals surface area contributed by atoms with E-state index in [0.717, 1.165) is 30.7 Å². The molecule has 0 aromatic heterocycles. The topological polar surface area (TPSA) is 66.5 Å². The van der Waals surface area contributed by atoms with E-state index in [-0.39, 0.29) is 17.6 Å². The lowest BCUT2D eigenvalue weighted by Gasteiger charge is -2.33. The molecule has 2 saturated carbocycles. The van der Waals surface area contributed by atoms with Gasteiger partial charge in [0, 0.05) is 19.1 Å². The molecular formula is C20H28N2O3S. The molecule has 1 aromatic rings. The highest BCUT2D eigenvalue weighted by Gasteiger charge is 2.41. The Morgan fingerprint density at radius 2 is 1.92 bits per heavy atom. The van der Waals surface area contributed by atoms with E-state index >= 15 is 0 Å². The normalized spacial score (nSPS) is 31.8. The van der Waals surface area contributed by atoms with Gasteiger partial charge in [-0.3, -0.25) is 4.79 Å². The van der Waals surface area contributed by atoms with Crippen LogP contribution in [-0.4, -0.2) is 37.8 Å². The third-order valence-corrected chi connectivity index (χ3v) is 8.22. The van der Waals surface area contributed by atoms with Crippen molar-refractivity contribution < 1.29 is 13.2 Å². The van der Waals surface area contributed by atoms with Crippen molar-refractivity contribution >= 4 is 15.9 Å². The molecular weight excluding hydrogens is 348 g/mol. The SMILES string of the molecule is O=C(N[C@H]1C[C@H]2CC[C@H]1C2)[C@@H]1CCCN(S(=O)(=O)Cc2ccccc2)C1. The first kappa shape index (κ1) is 18.0. The van der Waals surface area contributed by atoms with Crippen molar-refractivity contribution in [2.75, 3.05) is 13.1 Å². The predicted molar refractivity (Wildman–Crippen MR) is 101 cm³/mol. The highest BCUT2D eigenvalue weighted by molar-refractivity contribution is 7.88. The fourth-order valence-electron chi connectivity index (χ4n) is 5.01. The van der Waals surface area contributed by atoms with Crippen LogP contribution in [0.4, 0.5) is 0 Å². The Morgan fingerprint density at radius 1 is 1.12 bits per heavy atom. The van der Waals surface area contributed by atoms with E-state index in [0.29, 0.717) is 25.0 Å². The molecule has 6 heteroatoms. The maximum atomic E-state index is 12.8. The second-order valence-electron chi connectivity index (χ2n) is 8.23. The molecule has 4 rings (SSSR count). The molecule has 5 nitrogen and oxygen atoms in total. The van der Waals surface area contributed by atoms with E-state index in [2.05, 4.69) is 5.32 Å². The quantitative estimate of drug-likeness (QED) is 0.859. The van der Waals surface area contributed by atoms with Crippen molar-refractivity contribution in [2.45, 2.75) is 50.3 Å². The molecule has 1 N–H and O–H groups in total. The van der Waals surface area contributed by atoms with Gasteiger partial charge < -0.3 is 5.32 Å². The van der Waals surface area contributed by atoms with Gasteiger partial charge >= 0.3 is 0 Å². The molecule has 1 saturated heterocycles. The molecule has 1 heterocycles. The van der Waals surface area contributed by atoms with Gasteiger partial charge in [0.2, 0.25) is 15.9 Å². The summed E-state index contributed by atoms with van der Waals surface area (Å²) in [6.07, 6.45) is 6.45. The van der Waals surface area contributed by atoms with Crippen molar-refractivity contribution in [2.24, 2.45) is 17.8 Å². The first-order chi connectivity index (χ1) is 12.5. The molecule has 1 aromatic carbocycles. The molecule has 1 aliphatic heterocycles. The molecule has 3 aliphatic rings. The van der Waals surface area contributed by atoms with Gasteiger partial charge in [-0.15, -0.1) is 0 Å². The largest absolute Gasteiger partial charge is 0.353 e. The third kappa shape index (κ3) is 3.81. The van der Waals surface area contributed by atoms with Crippen LogP contribution < -0.4 is 5.32 Å². The second kappa shape index (κ2) is 7.31. The van der Waals surface area contributed by atoms with Crippen LogP contribution in [0.5, 0.6) is 0 Å². The van der Waals surface area contributed by atoms with Gasteiger partial charge in [0.1, 0.15) is 0 Å². The molecule has 142 valence electrons. The molecule has 1 amide bonds. The van der Waals surface area contributed by atoms with Crippen molar-refractivity contribution in [3.8, 4) is 0 Å². The van der Waals surface area contributed by atoms with Crippen LogP contribution in [0.25, 0.3) is 0 Å². The highest BCUT2D eigenvalue weighted by Crippen LogP contribution is 2.44. The smallest absolute Gasteiger partial charge is 0.224 e. The fourth-order valence-corrected chi connectivity index (χ4v) is 6.62. The molecule has 4 atom stereocenters. The molecule has 0 radical (unpaired) electrons. The molecule has 3 fully saturated rings. The standard InChI is InChI=1S/C20H28N2O3S/c23-20(21-19-12-16-8-9-17(19)11-16)18-7-4-10-22(13-18)26(24,25)14-15-5-2-1-3-6-15/h1-3,5-6,16-19H,4,7-14H2,(H,21,23)/t16-,17-,18+,19-/m0/s1. The van der Waals surface area contributed by atoms with E-state index in [4.69, 9.17) is 0 Å². The van der Waals surface area contributed by atoms with E-state index in [1.807, 2.05) is 30.3 Å². The number of hydrogen-bond donors (Lipinski definition) is 1. The monoisotopic (exact) mass is 376 g/mol. The van der Waals surface area contributed by atoms with E-state index in [1.165, 1.54) is 23.6 Å². The van der Waals surface area contributed by atoms with Crippen molar-refractivity contribution in [1.29, 1.82) is 0 Å². The zero-order valence-corrected chi connectivity index (χ0v) is 16.0. The number of rotatable bonds is 5. The average molecular weight is 377 g/mol. The number of sulfonamides is 1. The van der Waals surface area contributed by atoms with Crippen LogP contribution in [0.1, 0.15) is 44.1 Å². The van der Waals surface area contributed by atoms with Crippen LogP contribution in [0.3, 0.4) is 0 Å². The summed E-state index contributed by atoms with van der Waals surface area (Å²) in [5.41, 5.74) is 0.793. The lowest BCUT2D eigenvalue weighted by atomic mass is 9.93. The lowest BCUT2D eigenvalue weighted by molar-refractivity contribution is -0.127. The van der Waals surface area contributed by atoms with E-state index in [9.17, 15) is 13.2 Å². The minimum Gasteiger partial charge on any atom is -0.353 e. The summed E-state index contributed by atoms with van der Waals surface area (Å²) in [5.74, 6) is 1.29. The number of nitrogens with zero attached hydrogens (tertiary/aromatic N) is 1. The minimum absolute atomic E-state index is 0.00849. The first-order valence-electron chi connectivity index (χ1n) is 9.83. The van der Waals surface area contributed by atoms with E-state index < -0.39 is 10.0 Å². The second-order valence-corrected chi connectivity index (χ2v) is 10.2. The third-order valence-electron chi connectivity index (χ3n) is 6.41. The van der Waals surface area contributed by atoms with Crippen LogP contribution in [0.2, 0.25) is 0 Å². The summed E-state index contributed by atoms with van der Waals surface area (Å²) >= 11 is 0. The molecule has 26 heavy (non-hydrogen) atoms. The molecule has 2 aliphatic carbocycles. The van der Waals surface area contributed by atoms with Crippen molar-refractivity contribution in [3.63, 3.8) is 0 Å². The lowest BCUT2D eigenvalue weighted by Crippen LogP contribution is -2.48. The van der Waals surface area contributed by atoms with Gasteiger partial charge in [-0.1, -0.05) is 36.8 Å². The highest BCUT2D eigenvalue weighted by atomic mass is 32.2. The Balaban J connectivity index is 1.36. The van der Waals surface area contributed by atoms with Crippen LogP contribution >= 0.6 is 0 Å². The Labute approximate surface area is 156 Å². The van der Waals surface area contributed by atoms with Gasteiger partial charge in [0.05, 0.1) is 11.7 Å². The zero-order valence-electron chi connectivity index (χ0n) is 15.1. The van der Waals surface area contributed by atoms with Gasteiger partial charge in [-0.25, -0.2) is 12.7 Å². The number of benzene rings is 1. The van der Waals surface area contributed by atoms with Gasteiger partial charge in [-0.05, 0) is 49.5 Å². The average Bonchev–Trinajstić information content (AvgIpc) is 3.25.